The minimum absolute atomic E-state index is 0.306. The summed E-state index contributed by atoms with van der Waals surface area (Å²) in [5.41, 5.74) is 0.306. The predicted molar refractivity (Wildman–Crippen MR) is 52.1 cm³/mol. The average molecular weight is 198 g/mol. The van der Waals surface area contributed by atoms with Crippen LogP contribution in [-0.2, 0) is 0 Å². The third kappa shape index (κ3) is 1.55. The van der Waals surface area contributed by atoms with Crippen LogP contribution in [0, 0.1) is 10.3 Å². The van der Waals surface area contributed by atoms with Gasteiger partial charge in [-0.05, 0) is 30.5 Å². The number of aromatic amines is 1. The van der Waals surface area contributed by atoms with Gasteiger partial charge in [-0.25, -0.2) is 5.10 Å². The summed E-state index contributed by atoms with van der Waals surface area (Å²) in [5, 5.41) is 6.78. The molecule has 0 saturated heterocycles. The van der Waals surface area contributed by atoms with E-state index in [9.17, 15) is 0 Å². The number of rotatable bonds is 1. The summed E-state index contributed by atoms with van der Waals surface area (Å²) < 4.78 is 5.35. The smallest absolute Gasteiger partial charge is 0.284 e. The van der Waals surface area contributed by atoms with Crippen LogP contribution in [0.2, 0.25) is 0 Å². The standard InChI is InChI=1S/C9H14N2OS/c1-9(2)5-3-4-6(9)7-10-11-8(13)12-7/h6H,3-5H2,1-2H3,(H,11,13). The molecule has 0 radical (unpaired) electrons. The van der Waals surface area contributed by atoms with Crippen molar-refractivity contribution in [3.05, 3.63) is 10.7 Å². The molecule has 1 N–H and O–H groups in total. The predicted octanol–water partition coefficient (Wildman–Crippen LogP) is 3.03. The largest absolute Gasteiger partial charge is 0.414 e. The topological polar surface area (TPSA) is 41.8 Å². The Hall–Kier alpha value is -0.640. The maximum absolute atomic E-state index is 5.35. The Labute approximate surface area is 82.5 Å². The lowest BCUT2D eigenvalue weighted by atomic mass is 9.82. The molecule has 1 atom stereocenters. The van der Waals surface area contributed by atoms with Gasteiger partial charge in [0.15, 0.2) is 0 Å². The van der Waals surface area contributed by atoms with Crippen LogP contribution in [0.1, 0.15) is 44.9 Å². The molecule has 1 unspecified atom stereocenters. The second-order valence-electron chi connectivity index (χ2n) is 4.38. The Kier molecular flexibility index (Phi) is 2.02. The molecule has 1 heterocycles. The number of hydrogen-bond donors (Lipinski definition) is 1. The van der Waals surface area contributed by atoms with Crippen LogP contribution < -0.4 is 0 Å². The average Bonchev–Trinajstić information content (AvgIpc) is 2.56. The van der Waals surface area contributed by atoms with Crippen LogP contribution in [0.25, 0.3) is 0 Å². The molecule has 2 rings (SSSR count). The fraction of sp³-hybridized carbons (Fsp3) is 0.778. The molecule has 0 bridgehead atoms. The summed E-state index contributed by atoms with van der Waals surface area (Å²) in [5.74, 6) is 1.22. The number of nitrogens with zero attached hydrogens (tertiary/aromatic N) is 1. The van der Waals surface area contributed by atoms with Gasteiger partial charge >= 0.3 is 0 Å². The lowest BCUT2D eigenvalue weighted by Gasteiger charge is -2.23. The van der Waals surface area contributed by atoms with E-state index < -0.39 is 0 Å². The summed E-state index contributed by atoms with van der Waals surface area (Å²) in [6, 6.07) is 0. The second-order valence-corrected chi connectivity index (χ2v) is 4.76. The number of nitrogens with one attached hydrogen (secondary N) is 1. The Balaban J connectivity index is 2.31. The Morgan fingerprint density at radius 3 is 2.85 bits per heavy atom. The molecule has 1 aliphatic carbocycles. The molecule has 0 amide bonds. The van der Waals surface area contributed by atoms with Crippen molar-refractivity contribution in [2.24, 2.45) is 5.41 Å². The number of H-pyrrole nitrogens is 1. The lowest BCUT2D eigenvalue weighted by molar-refractivity contribution is 0.284. The van der Waals surface area contributed by atoms with E-state index in [1.165, 1.54) is 12.8 Å². The molecule has 1 saturated carbocycles. The molecule has 0 aromatic carbocycles. The normalized spacial score (nSPS) is 26.5. The van der Waals surface area contributed by atoms with E-state index in [0.29, 0.717) is 16.2 Å². The molecule has 3 nitrogen and oxygen atoms in total. The van der Waals surface area contributed by atoms with Gasteiger partial charge < -0.3 is 4.42 Å². The van der Waals surface area contributed by atoms with Gasteiger partial charge in [0.1, 0.15) is 0 Å². The van der Waals surface area contributed by atoms with Crippen molar-refractivity contribution in [3.63, 3.8) is 0 Å². The zero-order valence-corrected chi connectivity index (χ0v) is 8.78. The van der Waals surface area contributed by atoms with Gasteiger partial charge in [0.25, 0.3) is 4.84 Å². The SMILES string of the molecule is CC1(C)CCCC1c1n[nH]c(=S)o1. The molecule has 1 aromatic heterocycles. The first-order valence-electron chi connectivity index (χ1n) is 4.65. The van der Waals surface area contributed by atoms with Crippen molar-refractivity contribution in [1.29, 1.82) is 0 Å². The first kappa shape index (κ1) is 8.94. The van der Waals surface area contributed by atoms with E-state index in [0.717, 1.165) is 12.3 Å². The van der Waals surface area contributed by atoms with Gasteiger partial charge in [0.05, 0.1) is 0 Å². The van der Waals surface area contributed by atoms with Crippen LogP contribution in [0.15, 0.2) is 4.42 Å². The minimum atomic E-state index is 0.306. The van der Waals surface area contributed by atoms with Crippen molar-refractivity contribution in [1.82, 2.24) is 10.2 Å². The van der Waals surface area contributed by atoms with Crippen LogP contribution in [-0.4, -0.2) is 10.2 Å². The molecule has 4 heteroatoms. The van der Waals surface area contributed by atoms with Gasteiger partial charge in [-0.3, -0.25) is 0 Å². The van der Waals surface area contributed by atoms with Crippen molar-refractivity contribution in [2.75, 3.05) is 0 Å². The Bertz CT molecular complexity index is 352. The van der Waals surface area contributed by atoms with E-state index in [1.54, 1.807) is 0 Å². The van der Waals surface area contributed by atoms with Crippen LogP contribution >= 0.6 is 12.2 Å². The zero-order valence-electron chi connectivity index (χ0n) is 7.96. The van der Waals surface area contributed by atoms with E-state index in [4.69, 9.17) is 16.6 Å². The third-order valence-corrected chi connectivity index (χ3v) is 3.18. The second kappa shape index (κ2) is 2.94. The van der Waals surface area contributed by atoms with Crippen LogP contribution in [0.3, 0.4) is 0 Å². The highest BCUT2D eigenvalue weighted by molar-refractivity contribution is 7.71. The van der Waals surface area contributed by atoms with Crippen LogP contribution in [0.5, 0.6) is 0 Å². The summed E-state index contributed by atoms with van der Waals surface area (Å²) in [4.78, 5) is 0.387. The van der Waals surface area contributed by atoms with Gasteiger partial charge in [-0.1, -0.05) is 20.3 Å². The van der Waals surface area contributed by atoms with Crippen molar-refractivity contribution < 1.29 is 4.42 Å². The zero-order chi connectivity index (χ0) is 9.47. The summed E-state index contributed by atoms with van der Waals surface area (Å²) >= 11 is 4.86. The highest BCUT2D eigenvalue weighted by atomic mass is 32.1. The number of aromatic nitrogens is 2. The van der Waals surface area contributed by atoms with E-state index in [2.05, 4.69) is 24.0 Å². The summed E-state index contributed by atoms with van der Waals surface area (Å²) in [6.45, 7) is 4.52. The highest BCUT2D eigenvalue weighted by Crippen LogP contribution is 2.47. The first-order chi connectivity index (χ1) is 6.09. The van der Waals surface area contributed by atoms with Gasteiger partial charge in [-0.15, -0.1) is 5.10 Å². The van der Waals surface area contributed by atoms with E-state index in [1.807, 2.05) is 0 Å². The monoisotopic (exact) mass is 198 g/mol. The first-order valence-corrected chi connectivity index (χ1v) is 5.06. The molecule has 13 heavy (non-hydrogen) atoms. The molecular weight excluding hydrogens is 184 g/mol. The van der Waals surface area contributed by atoms with Crippen molar-refractivity contribution in [3.8, 4) is 0 Å². The highest BCUT2D eigenvalue weighted by Gasteiger charge is 2.38. The molecular formula is C9H14N2OS. The van der Waals surface area contributed by atoms with Crippen molar-refractivity contribution >= 4 is 12.2 Å². The minimum Gasteiger partial charge on any atom is -0.414 e. The van der Waals surface area contributed by atoms with Crippen molar-refractivity contribution in [2.45, 2.75) is 39.0 Å². The van der Waals surface area contributed by atoms with Gasteiger partial charge in [-0.2, -0.15) is 0 Å². The molecule has 0 aliphatic heterocycles. The quantitative estimate of drug-likeness (QED) is 0.705. The molecule has 0 spiro atoms. The van der Waals surface area contributed by atoms with Gasteiger partial charge in [0.2, 0.25) is 5.89 Å². The van der Waals surface area contributed by atoms with E-state index >= 15 is 0 Å². The van der Waals surface area contributed by atoms with Gasteiger partial charge in [0, 0.05) is 5.92 Å². The lowest BCUT2D eigenvalue weighted by Crippen LogP contribution is -2.15. The fourth-order valence-electron chi connectivity index (χ4n) is 2.17. The summed E-state index contributed by atoms with van der Waals surface area (Å²) in [6.07, 6.45) is 3.66. The molecule has 72 valence electrons. The number of hydrogen-bond acceptors (Lipinski definition) is 3. The molecule has 1 aromatic rings. The maximum Gasteiger partial charge on any atom is 0.284 e. The Morgan fingerprint density at radius 1 is 1.62 bits per heavy atom. The Morgan fingerprint density at radius 2 is 2.38 bits per heavy atom. The summed E-state index contributed by atoms with van der Waals surface area (Å²) in [7, 11) is 0. The van der Waals surface area contributed by atoms with E-state index in [-0.39, 0.29) is 0 Å². The molecule has 1 fully saturated rings. The fourth-order valence-corrected chi connectivity index (χ4v) is 2.31. The third-order valence-electron chi connectivity index (χ3n) is 3.01. The van der Waals surface area contributed by atoms with Crippen LogP contribution in [0.4, 0.5) is 0 Å². The maximum atomic E-state index is 5.35. The molecule has 1 aliphatic rings.